The van der Waals surface area contributed by atoms with Crippen LogP contribution in [0.15, 0.2) is 0 Å². The Hall–Kier alpha value is -0.960. The van der Waals surface area contributed by atoms with Gasteiger partial charge in [0.1, 0.15) is 0 Å². The van der Waals surface area contributed by atoms with Crippen molar-refractivity contribution < 1.29 is 13.2 Å². The van der Waals surface area contributed by atoms with Gasteiger partial charge in [0, 0.05) is 57.4 Å². The molecule has 3 heterocycles. The van der Waals surface area contributed by atoms with Gasteiger partial charge in [-0.1, -0.05) is 0 Å². The number of fused-ring (bicyclic) bond motifs is 1. The van der Waals surface area contributed by atoms with Crippen LogP contribution in [0.2, 0.25) is 0 Å². The van der Waals surface area contributed by atoms with Crippen molar-refractivity contribution in [2.24, 2.45) is 7.05 Å². The molecule has 8 heteroatoms. The van der Waals surface area contributed by atoms with Crippen LogP contribution in [0, 0.1) is 0 Å². The zero-order valence-electron chi connectivity index (χ0n) is 13.3. The molecule has 22 heavy (non-hydrogen) atoms. The van der Waals surface area contributed by atoms with Crippen molar-refractivity contribution in [3.8, 4) is 0 Å². The third-order valence-corrected chi connectivity index (χ3v) is 6.35. The summed E-state index contributed by atoms with van der Waals surface area (Å²) in [5.41, 5.74) is 3.28. The van der Waals surface area contributed by atoms with Crippen LogP contribution in [0.1, 0.15) is 23.9 Å². The smallest absolute Gasteiger partial charge is 0.214 e. The zero-order valence-corrected chi connectivity index (χ0v) is 14.1. The summed E-state index contributed by atoms with van der Waals surface area (Å²) in [6.45, 7) is 6.80. The second kappa shape index (κ2) is 6.27. The van der Waals surface area contributed by atoms with Crippen molar-refractivity contribution in [1.29, 1.82) is 0 Å². The van der Waals surface area contributed by atoms with E-state index in [-0.39, 0.29) is 5.75 Å². The van der Waals surface area contributed by atoms with E-state index in [1.165, 1.54) is 5.69 Å². The predicted molar refractivity (Wildman–Crippen MR) is 82.9 cm³/mol. The average Bonchev–Trinajstić information content (AvgIpc) is 2.84. The first-order valence-electron chi connectivity index (χ1n) is 7.83. The number of morpholine rings is 1. The number of aromatic nitrogens is 2. The van der Waals surface area contributed by atoms with E-state index in [2.05, 4.69) is 10.00 Å². The fourth-order valence-corrected chi connectivity index (χ4v) is 4.22. The summed E-state index contributed by atoms with van der Waals surface area (Å²) in [6, 6.07) is 0. The normalized spacial score (nSPS) is 21.0. The highest BCUT2D eigenvalue weighted by Gasteiger charge is 2.30. The van der Waals surface area contributed by atoms with Crippen molar-refractivity contribution in [1.82, 2.24) is 19.0 Å². The number of hydrogen-bond acceptors (Lipinski definition) is 5. The minimum absolute atomic E-state index is 0.154. The summed E-state index contributed by atoms with van der Waals surface area (Å²) < 4.78 is 33.2. The minimum Gasteiger partial charge on any atom is -0.379 e. The number of nitrogens with zero attached hydrogens (tertiary/aromatic N) is 4. The van der Waals surface area contributed by atoms with Gasteiger partial charge >= 0.3 is 0 Å². The monoisotopic (exact) mass is 328 g/mol. The lowest BCUT2D eigenvalue weighted by Gasteiger charge is -2.28. The summed E-state index contributed by atoms with van der Waals surface area (Å²) in [4.78, 5) is 2.32. The standard InChI is InChI=1S/C14H24N4O3S/c1-3-22(19,20)18-5-4-14-12(10-18)13(15-16(14)2)11-17-6-8-21-9-7-17/h3-11H2,1-2H3. The molecule has 124 valence electrons. The molecule has 3 rings (SSSR count). The summed E-state index contributed by atoms with van der Waals surface area (Å²) >= 11 is 0. The summed E-state index contributed by atoms with van der Waals surface area (Å²) in [6.07, 6.45) is 0.737. The largest absolute Gasteiger partial charge is 0.379 e. The van der Waals surface area contributed by atoms with E-state index in [1.807, 2.05) is 11.7 Å². The first-order valence-corrected chi connectivity index (χ1v) is 9.43. The molecule has 0 radical (unpaired) electrons. The Labute approximate surface area is 131 Å². The molecule has 0 amide bonds. The van der Waals surface area contributed by atoms with E-state index in [9.17, 15) is 8.42 Å². The average molecular weight is 328 g/mol. The highest BCUT2D eigenvalue weighted by atomic mass is 32.2. The van der Waals surface area contributed by atoms with Crippen molar-refractivity contribution in [2.45, 2.75) is 26.4 Å². The molecule has 0 spiro atoms. The highest BCUT2D eigenvalue weighted by molar-refractivity contribution is 7.89. The van der Waals surface area contributed by atoms with Gasteiger partial charge in [-0.05, 0) is 6.92 Å². The van der Waals surface area contributed by atoms with E-state index in [0.717, 1.165) is 50.5 Å². The molecular formula is C14H24N4O3S. The molecule has 2 aliphatic heterocycles. The first kappa shape index (κ1) is 15.9. The van der Waals surface area contributed by atoms with Gasteiger partial charge in [-0.3, -0.25) is 9.58 Å². The Balaban J connectivity index is 1.82. The van der Waals surface area contributed by atoms with Crippen LogP contribution in [-0.4, -0.2) is 66.0 Å². The van der Waals surface area contributed by atoms with Gasteiger partial charge in [-0.2, -0.15) is 9.40 Å². The molecule has 0 aliphatic carbocycles. The Morgan fingerprint density at radius 1 is 1.23 bits per heavy atom. The van der Waals surface area contributed by atoms with Crippen LogP contribution < -0.4 is 0 Å². The van der Waals surface area contributed by atoms with Crippen molar-refractivity contribution in [2.75, 3.05) is 38.6 Å². The van der Waals surface area contributed by atoms with Crippen LogP contribution in [0.4, 0.5) is 0 Å². The lowest BCUT2D eigenvalue weighted by Crippen LogP contribution is -2.38. The van der Waals surface area contributed by atoms with Gasteiger partial charge in [-0.25, -0.2) is 8.42 Å². The van der Waals surface area contributed by atoms with Crippen LogP contribution in [0.5, 0.6) is 0 Å². The molecule has 0 N–H and O–H groups in total. The van der Waals surface area contributed by atoms with Gasteiger partial charge in [0.2, 0.25) is 10.0 Å². The third-order valence-electron chi connectivity index (χ3n) is 4.53. The van der Waals surface area contributed by atoms with Crippen molar-refractivity contribution in [3.63, 3.8) is 0 Å². The highest BCUT2D eigenvalue weighted by Crippen LogP contribution is 2.25. The molecule has 0 saturated carbocycles. The van der Waals surface area contributed by atoms with E-state index >= 15 is 0 Å². The number of ether oxygens (including phenoxy) is 1. The number of rotatable bonds is 4. The van der Waals surface area contributed by atoms with Gasteiger partial charge in [0.15, 0.2) is 0 Å². The Bertz CT molecular complexity index is 635. The lowest BCUT2D eigenvalue weighted by atomic mass is 10.1. The van der Waals surface area contributed by atoms with Crippen LogP contribution in [0.3, 0.4) is 0 Å². The number of aryl methyl sites for hydroxylation is 1. The van der Waals surface area contributed by atoms with E-state index < -0.39 is 10.0 Å². The molecule has 0 unspecified atom stereocenters. The molecule has 1 aromatic rings. The maximum absolute atomic E-state index is 12.1. The maximum Gasteiger partial charge on any atom is 0.214 e. The van der Waals surface area contributed by atoms with Crippen molar-refractivity contribution in [3.05, 3.63) is 17.0 Å². The van der Waals surface area contributed by atoms with Crippen LogP contribution in [-0.2, 0) is 41.3 Å². The third kappa shape index (κ3) is 3.05. The van der Waals surface area contributed by atoms with Crippen molar-refractivity contribution >= 4 is 10.0 Å². The zero-order chi connectivity index (χ0) is 15.7. The summed E-state index contributed by atoms with van der Waals surface area (Å²) in [5.74, 6) is 0.154. The molecule has 1 aromatic heterocycles. The molecule has 1 saturated heterocycles. The van der Waals surface area contributed by atoms with E-state index in [4.69, 9.17) is 4.74 Å². The van der Waals surface area contributed by atoms with Gasteiger partial charge in [-0.15, -0.1) is 0 Å². The molecule has 2 aliphatic rings. The molecule has 0 aromatic carbocycles. The summed E-state index contributed by atoms with van der Waals surface area (Å²) in [7, 11) is -1.19. The predicted octanol–water partition coefficient (Wildman–Crippen LogP) is -0.0399. The fraction of sp³-hybridized carbons (Fsp3) is 0.786. The first-order chi connectivity index (χ1) is 10.5. The van der Waals surface area contributed by atoms with E-state index in [1.54, 1.807) is 11.2 Å². The molecule has 7 nitrogen and oxygen atoms in total. The fourth-order valence-electron chi connectivity index (χ4n) is 3.16. The number of sulfonamides is 1. The van der Waals surface area contributed by atoms with Gasteiger partial charge in [0.25, 0.3) is 0 Å². The Morgan fingerprint density at radius 2 is 1.95 bits per heavy atom. The topological polar surface area (TPSA) is 67.7 Å². The molecule has 1 fully saturated rings. The molecule has 0 atom stereocenters. The Kier molecular flexibility index (Phi) is 4.54. The van der Waals surface area contributed by atoms with Crippen LogP contribution >= 0.6 is 0 Å². The SMILES string of the molecule is CCS(=O)(=O)N1CCc2c(c(CN3CCOCC3)nn2C)C1. The second-order valence-corrected chi connectivity index (χ2v) is 8.13. The quantitative estimate of drug-likeness (QED) is 0.776. The second-order valence-electron chi connectivity index (χ2n) is 5.87. The van der Waals surface area contributed by atoms with Crippen LogP contribution in [0.25, 0.3) is 0 Å². The summed E-state index contributed by atoms with van der Waals surface area (Å²) in [5, 5.41) is 4.64. The molecule has 0 bridgehead atoms. The minimum atomic E-state index is -3.14. The molecular weight excluding hydrogens is 304 g/mol. The maximum atomic E-state index is 12.1. The van der Waals surface area contributed by atoms with E-state index in [0.29, 0.717) is 13.1 Å². The Morgan fingerprint density at radius 3 is 2.64 bits per heavy atom. The number of hydrogen-bond donors (Lipinski definition) is 0. The van der Waals surface area contributed by atoms with Gasteiger partial charge in [0.05, 0.1) is 24.7 Å². The van der Waals surface area contributed by atoms with Gasteiger partial charge < -0.3 is 4.74 Å². The lowest BCUT2D eigenvalue weighted by molar-refractivity contribution is 0.0334.